The van der Waals surface area contributed by atoms with E-state index in [-0.39, 0.29) is 36.0 Å². The second-order valence-electron chi connectivity index (χ2n) is 6.10. The number of hydrogen-bond donors (Lipinski definition) is 3. The van der Waals surface area contributed by atoms with Crippen LogP contribution in [0.5, 0.6) is 5.75 Å². The third kappa shape index (κ3) is 5.14. The van der Waals surface area contributed by atoms with Crippen molar-refractivity contribution in [1.82, 2.24) is 5.32 Å². The fraction of sp³-hybridized carbons (Fsp3) is 0.571. The van der Waals surface area contributed by atoms with Crippen LogP contribution >= 0.6 is 0 Å². The molecule has 0 bridgehead atoms. The van der Waals surface area contributed by atoms with Crippen molar-refractivity contribution < 1.29 is 15.1 Å². The molecule has 0 aliphatic rings. The lowest BCUT2D eigenvalue weighted by atomic mass is 9.88. The van der Waals surface area contributed by atoms with Gasteiger partial charge in [-0.05, 0) is 17.9 Å². The number of nitro benzene ring substituents is 1. The third-order valence-corrected chi connectivity index (χ3v) is 2.93. The van der Waals surface area contributed by atoms with Crippen molar-refractivity contribution in [2.24, 2.45) is 5.41 Å². The van der Waals surface area contributed by atoms with Gasteiger partial charge >= 0.3 is 0 Å². The van der Waals surface area contributed by atoms with Crippen molar-refractivity contribution in [3.05, 3.63) is 33.9 Å². The Morgan fingerprint density at radius 1 is 1.40 bits per heavy atom. The molecule has 112 valence electrons. The molecule has 1 unspecified atom stereocenters. The summed E-state index contributed by atoms with van der Waals surface area (Å²) >= 11 is 0. The molecule has 0 heterocycles. The van der Waals surface area contributed by atoms with E-state index in [2.05, 4.69) is 26.1 Å². The van der Waals surface area contributed by atoms with Crippen molar-refractivity contribution in [3.63, 3.8) is 0 Å². The number of nitrogens with zero attached hydrogens (tertiary/aromatic N) is 1. The molecule has 1 aromatic rings. The summed E-state index contributed by atoms with van der Waals surface area (Å²) in [6, 6.07) is 3.80. The van der Waals surface area contributed by atoms with Gasteiger partial charge in [0, 0.05) is 30.3 Å². The SMILES string of the molecule is CC(C)(C)CC(CO)NCc1cc([N+](=O)[O-])ccc1O. The molecule has 6 heteroatoms. The Labute approximate surface area is 118 Å². The van der Waals surface area contributed by atoms with Crippen LogP contribution in [0.1, 0.15) is 32.8 Å². The van der Waals surface area contributed by atoms with Gasteiger partial charge in [-0.2, -0.15) is 0 Å². The van der Waals surface area contributed by atoms with E-state index >= 15 is 0 Å². The summed E-state index contributed by atoms with van der Waals surface area (Å²) in [6.07, 6.45) is 0.763. The second-order valence-corrected chi connectivity index (χ2v) is 6.10. The Morgan fingerprint density at radius 3 is 2.55 bits per heavy atom. The molecule has 6 nitrogen and oxygen atoms in total. The minimum absolute atomic E-state index is 0.00977. The molecule has 0 aliphatic heterocycles. The van der Waals surface area contributed by atoms with E-state index in [1.54, 1.807) is 0 Å². The van der Waals surface area contributed by atoms with E-state index in [4.69, 9.17) is 0 Å². The predicted molar refractivity (Wildman–Crippen MR) is 76.5 cm³/mol. The topological polar surface area (TPSA) is 95.6 Å². The molecule has 1 rings (SSSR count). The molecule has 0 saturated carbocycles. The maximum Gasteiger partial charge on any atom is 0.270 e. The van der Waals surface area contributed by atoms with Crippen LogP contribution in [0, 0.1) is 15.5 Å². The molecule has 20 heavy (non-hydrogen) atoms. The lowest BCUT2D eigenvalue weighted by Gasteiger charge is -2.25. The Morgan fingerprint density at radius 2 is 2.05 bits per heavy atom. The van der Waals surface area contributed by atoms with E-state index in [0.29, 0.717) is 5.56 Å². The fourth-order valence-corrected chi connectivity index (χ4v) is 2.02. The molecule has 0 fully saturated rings. The lowest BCUT2D eigenvalue weighted by Crippen LogP contribution is -2.35. The molecule has 1 atom stereocenters. The Hall–Kier alpha value is -1.66. The molecule has 0 spiro atoms. The second kappa shape index (κ2) is 6.67. The zero-order valence-electron chi connectivity index (χ0n) is 12.1. The van der Waals surface area contributed by atoms with Crippen molar-refractivity contribution in [1.29, 1.82) is 0 Å². The van der Waals surface area contributed by atoms with Gasteiger partial charge in [-0.15, -0.1) is 0 Å². The predicted octanol–water partition coefficient (Wildman–Crippen LogP) is 2.19. The van der Waals surface area contributed by atoms with Crippen LogP contribution < -0.4 is 5.32 Å². The number of phenolic OH excluding ortho intramolecular Hbond substituents is 1. The summed E-state index contributed by atoms with van der Waals surface area (Å²) < 4.78 is 0. The highest BCUT2D eigenvalue weighted by Gasteiger charge is 2.18. The van der Waals surface area contributed by atoms with Gasteiger partial charge in [0.25, 0.3) is 5.69 Å². The fourth-order valence-electron chi connectivity index (χ4n) is 2.02. The maximum absolute atomic E-state index is 10.7. The minimum atomic E-state index is -0.498. The van der Waals surface area contributed by atoms with E-state index in [1.165, 1.54) is 18.2 Å². The largest absolute Gasteiger partial charge is 0.508 e. The summed E-state index contributed by atoms with van der Waals surface area (Å²) in [5.41, 5.74) is 0.452. The summed E-state index contributed by atoms with van der Waals surface area (Å²) in [6.45, 7) is 6.47. The first-order chi connectivity index (χ1) is 9.23. The summed E-state index contributed by atoms with van der Waals surface area (Å²) in [4.78, 5) is 10.2. The van der Waals surface area contributed by atoms with Crippen molar-refractivity contribution in [2.45, 2.75) is 39.8 Å². The number of nitrogens with one attached hydrogen (secondary N) is 1. The van der Waals surface area contributed by atoms with Crippen molar-refractivity contribution in [3.8, 4) is 5.75 Å². The number of phenols is 1. The van der Waals surface area contributed by atoms with Crippen LogP contribution in [0.2, 0.25) is 0 Å². The van der Waals surface area contributed by atoms with E-state index < -0.39 is 4.92 Å². The molecule has 0 saturated heterocycles. The van der Waals surface area contributed by atoms with Gasteiger partial charge in [-0.1, -0.05) is 20.8 Å². The quantitative estimate of drug-likeness (QED) is 0.549. The van der Waals surface area contributed by atoms with Gasteiger partial charge in [0.1, 0.15) is 5.75 Å². The van der Waals surface area contributed by atoms with Crippen LogP contribution in [0.15, 0.2) is 18.2 Å². The smallest absolute Gasteiger partial charge is 0.270 e. The van der Waals surface area contributed by atoms with Gasteiger partial charge in [-0.3, -0.25) is 10.1 Å². The zero-order valence-corrected chi connectivity index (χ0v) is 12.1. The van der Waals surface area contributed by atoms with Crippen molar-refractivity contribution >= 4 is 5.69 Å². The average molecular weight is 282 g/mol. The molecule has 0 aromatic heterocycles. The summed E-state index contributed by atoms with van der Waals surface area (Å²) in [5, 5.41) is 32.9. The van der Waals surface area contributed by atoms with Crippen LogP contribution in [0.4, 0.5) is 5.69 Å². The Bertz CT molecular complexity index is 469. The van der Waals surface area contributed by atoms with Gasteiger partial charge in [0.15, 0.2) is 0 Å². The van der Waals surface area contributed by atoms with Crippen LogP contribution in [-0.4, -0.2) is 27.8 Å². The Balaban J connectivity index is 2.73. The molecule has 3 N–H and O–H groups in total. The van der Waals surface area contributed by atoms with E-state index in [0.717, 1.165) is 6.42 Å². The average Bonchev–Trinajstić information content (AvgIpc) is 2.34. The molecule has 0 amide bonds. The number of hydrogen-bond acceptors (Lipinski definition) is 5. The number of rotatable bonds is 6. The first-order valence-corrected chi connectivity index (χ1v) is 6.53. The van der Waals surface area contributed by atoms with Gasteiger partial charge in [0.05, 0.1) is 11.5 Å². The van der Waals surface area contributed by atoms with Crippen LogP contribution in [0.25, 0.3) is 0 Å². The van der Waals surface area contributed by atoms with E-state index in [9.17, 15) is 20.3 Å². The number of nitro groups is 1. The standard InChI is InChI=1S/C14H22N2O4/c1-14(2,3)7-11(9-17)15-8-10-6-12(16(19)20)4-5-13(10)18/h4-6,11,15,17-18H,7-9H2,1-3H3. The molecule has 0 radical (unpaired) electrons. The molecule has 0 aliphatic carbocycles. The number of aliphatic hydroxyl groups is 1. The normalized spacial score (nSPS) is 13.2. The number of benzene rings is 1. The lowest BCUT2D eigenvalue weighted by molar-refractivity contribution is -0.384. The van der Waals surface area contributed by atoms with E-state index in [1.807, 2.05) is 0 Å². The summed E-state index contributed by atoms with van der Waals surface area (Å²) in [5.74, 6) is 0.00977. The van der Waals surface area contributed by atoms with Gasteiger partial charge in [-0.25, -0.2) is 0 Å². The number of aromatic hydroxyl groups is 1. The third-order valence-electron chi connectivity index (χ3n) is 2.93. The molecular formula is C14H22N2O4. The molecule has 1 aromatic carbocycles. The number of aliphatic hydroxyl groups excluding tert-OH is 1. The number of non-ortho nitro benzene ring substituents is 1. The summed E-state index contributed by atoms with van der Waals surface area (Å²) in [7, 11) is 0. The first-order valence-electron chi connectivity index (χ1n) is 6.53. The highest BCUT2D eigenvalue weighted by molar-refractivity contribution is 5.42. The van der Waals surface area contributed by atoms with Gasteiger partial charge in [0.2, 0.25) is 0 Å². The van der Waals surface area contributed by atoms with Gasteiger partial charge < -0.3 is 15.5 Å². The maximum atomic E-state index is 10.7. The van der Waals surface area contributed by atoms with Crippen LogP contribution in [0.3, 0.4) is 0 Å². The highest BCUT2D eigenvalue weighted by atomic mass is 16.6. The zero-order chi connectivity index (χ0) is 15.3. The van der Waals surface area contributed by atoms with Crippen molar-refractivity contribution in [2.75, 3.05) is 6.61 Å². The molecular weight excluding hydrogens is 260 g/mol. The minimum Gasteiger partial charge on any atom is -0.508 e. The van der Waals surface area contributed by atoms with Crippen LogP contribution in [-0.2, 0) is 6.54 Å². The monoisotopic (exact) mass is 282 g/mol. The highest BCUT2D eigenvalue weighted by Crippen LogP contribution is 2.24. The Kier molecular flexibility index (Phi) is 5.47. The first kappa shape index (κ1) is 16.4.